The van der Waals surface area contributed by atoms with Gasteiger partial charge in [0.2, 0.25) is 11.8 Å². The predicted octanol–water partition coefficient (Wildman–Crippen LogP) is 0.0318. The van der Waals surface area contributed by atoms with Crippen molar-refractivity contribution in [2.45, 2.75) is 19.4 Å². The lowest BCUT2D eigenvalue weighted by atomic mass is 9.94. The number of hydrogen-bond donors (Lipinski definition) is 1. The standard InChI is InChI=1S/C16H19N3O3/c1-11(20)18-6-8-19(9-7-18)16(22)14-10-12-4-2-3-5-13(12)15(21)17-14/h2-5,14H,6-10H2,1H3,(H,17,21). The van der Waals surface area contributed by atoms with Gasteiger partial charge >= 0.3 is 0 Å². The molecule has 0 aromatic heterocycles. The van der Waals surface area contributed by atoms with E-state index < -0.39 is 6.04 Å². The summed E-state index contributed by atoms with van der Waals surface area (Å²) >= 11 is 0. The van der Waals surface area contributed by atoms with Crippen LogP contribution in [0.25, 0.3) is 0 Å². The molecule has 3 amide bonds. The normalized spacial score (nSPS) is 21.1. The molecule has 1 aromatic rings. The Morgan fingerprint density at radius 3 is 2.41 bits per heavy atom. The van der Waals surface area contributed by atoms with E-state index in [0.29, 0.717) is 38.2 Å². The molecule has 0 bridgehead atoms. The first-order chi connectivity index (χ1) is 10.6. The van der Waals surface area contributed by atoms with Gasteiger partial charge in [-0.15, -0.1) is 0 Å². The van der Waals surface area contributed by atoms with Crippen molar-refractivity contribution in [3.63, 3.8) is 0 Å². The van der Waals surface area contributed by atoms with E-state index in [1.165, 1.54) is 6.92 Å². The number of nitrogens with zero attached hydrogens (tertiary/aromatic N) is 2. The minimum Gasteiger partial charge on any atom is -0.340 e. The van der Waals surface area contributed by atoms with Gasteiger partial charge in [-0.2, -0.15) is 0 Å². The monoisotopic (exact) mass is 301 g/mol. The lowest BCUT2D eigenvalue weighted by Crippen LogP contribution is -2.57. The number of rotatable bonds is 1. The van der Waals surface area contributed by atoms with Gasteiger partial charge in [-0.05, 0) is 11.6 Å². The summed E-state index contributed by atoms with van der Waals surface area (Å²) < 4.78 is 0. The maximum absolute atomic E-state index is 12.6. The van der Waals surface area contributed by atoms with Crippen LogP contribution < -0.4 is 5.32 Å². The van der Waals surface area contributed by atoms with E-state index in [1.807, 2.05) is 18.2 Å². The van der Waals surface area contributed by atoms with Crippen LogP contribution in [0, 0.1) is 0 Å². The second kappa shape index (κ2) is 5.79. The SMILES string of the molecule is CC(=O)N1CCN(C(=O)C2Cc3ccccc3C(=O)N2)CC1. The molecule has 0 saturated carbocycles. The smallest absolute Gasteiger partial charge is 0.252 e. The second-order valence-electron chi connectivity index (χ2n) is 5.72. The molecule has 3 rings (SSSR count). The minimum absolute atomic E-state index is 0.0343. The van der Waals surface area contributed by atoms with E-state index in [2.05, 4.69) is 5.32 Å². The Balaban J connectivity index is 1.67. The van der Waals surface area contributed by atoms with Crippen molar-refractivity contribution in [1.82, 2.24) is 15.1 Å². The van der Waals surface area contributed by atoms with E-state index in [4.69, 9.17) is 0 Å². The van der Waals surface area contributed by atoms with Gasteiger partial charge in [-0.1, -0.05) is 18.2 Å². The van der Waals surface area contributed by atoms with Gasteiger partial charge in [0.1, 0.15) is 6.04 Å². The van der Waals surface area contributed by atoms with Crippen LogP contribution in [0.1, 0.15) is 22.8 Å². The molecule has 2 aliphatic rings. The predicted molar refractivity (Wildman–Crippen MR) is 80.2 cm³/mol. The molecule has 1 atom stereocenters. The van der Waals surface area contributed by atoms with Crippen molar-refractivity contribution in [1.29, 1.82) is 0 Å². The summed E-state index contributed by atoms with van der Waals surface area (Å²) in [6, 6.07) is 6.86. The number of piperazine rings is 1. The van der Waals surface area contributed by atoms with Gasteiger partial charge < -0.3 is 15.1 Å². The van der Waals surface area contributed by atoms with Crippen molar-refractivity contribution in [3.8, 4) is 0 Å². The zero-order valence-corrected chi connectivity index (χ0v) is 12.5. The molecule has 1 aromatic carbocycles. The summed E-state index contributed by atoms with van der Waals surface area (Å²) in [7, 11) is 0. The number of carbonyl (C=O) groups is 3. The summed E-state index contributed by atoms with van der Waals surface area (Å²) in [5.74, 6) is -0.222. The summed E-state index contributed by atoms with van der Waals surface area (Å²) in [4.78, 5) is 39.5. The van der Waals surface area contributed by atoms with Gasteiger partial charge in [0.15, 0.2) is 0 Å². The van der Waals surface area contributed by atoms with E-state index >= 15 is 0 Å². The maximum Gasteiger partial charge on any atom is 0.252 e. The number of benzene rings is 1. The molecule has 6 heteroatoms. The van der Waals surface area contributed by atoms with E-state index in [9.17, 15) is 14.4 Å². The van der Waals surface area contributed by atoms with Gasteiger partial charge in [-0.25, -0.2) is 0 Å². The largest absolute Gasteiger partial charge is 0.340 e. The fourth-order valence-corrected chi connectivity index (χ4v) is 3.04. The Morgan fingerprint density at radius 2 is 1.73 bits per heavy atom. The first kappa shape index (κ1) is 14.6. The van der Waals surface area contributed by atoms with Crippen molar-refractivity contribution in [2.24, 2.45) is 0 Å². The number of nitrogens with one attached hydrogen (secondary N) is 1. The van der Waals surface area contributed by atoms with Crippen molar-refractivity contribution >= 4 is 17.7 Å². The average Bonchev–Trinajstić information content (AvgIpc) is 2.54. The fraction of sp³-hybridized carbons (Fsp3) is 0.438. The second-order valence-corrected chi connectivity index (χ2v) is 5.72. The quantitative estimate of drug-likeness (QED) is 0.796. The number of fused-ring (bicyclic) bond motifs is 1. The summed E-state index contributed by atoms with van der Waals surface area (Å²) in [5, 5.41) is 2.79. The van der Waals surface area contributed by atoms with E-state index in [-0.39, 0.29) is 17.7 Å². The van der Waals surface area contributed by atoms with Gasteiger partial charge in [0, 0.05) is 45.1 Å². The highest BCUT2D eigenvalue weighted by atomic mass is 16.2. The molecular formula is C16H19N3O3. The first-order valence-electron chi connectivity index (χ1n) is 7.49. The molecule has 1 N–H and O–H groups in total. The van der Waals surface area contributed by atoms with Crippen LogP contribution in [0.2, 0.25) is 0 Å². The fourth-order valence-electron chi connectivity index (χ4n) is 3.04. The third kappa shape index (κ3) is 2.68. The molecule has 1 fully saturated rings. The molecule has 0 radical (unpaired) electrons. The van der Waals surface area contributed by atoms with Crippen LogP contribution >= 0.6 is 0 Å². The zero-order valence-electron chi connectivity index (χ0n) is 12.5. The number of hydrogen-bond acceptors (Lipinski definition) is 3. The Kier molecular flexibility index (Phi) is 3.83. The lowest BCUT2D eigenvalue weighted by molar-refractivity contribution is -0.139. The summed E-state index contributed by atoms with van der Waals surface area (Å²) in [6.07, 6.45) is 0.521. The highest BCUT2D eigenvalue weighted by Crippen LogP contribution is 2.18. The molecular weight excluding hydrogens is 282 g/mol. The third-order valence-electron chi connectivity index (χ3n) is 4.33. The highest BCUT2D eigenvalue weighted by Gasteiger charge is 2.33. The van der Waals surface area contributed by atoms with Gasteiger partial charge in [-0.3, -0.25) is 14.4 Å². The number of amides is 3. The molecule has 1 unspecified atom stereocenters. The maximum atomic E-state index is 12.6. The topological polar surface area (TPSA) is 69.7 Å². The minimum atomic E-state index is -0.508. The first-order valence-corrected chi connectivity index (χ1v) is 7.49. The van der Waals surface area contributed by atoms with Crippen LogP contribution in [0.5, 0.6) is 0 Å². The molecule has 22 heavy (non-hydrogen) atoms. The molecule has 1 saturated heterocycles. The lowest BCUT2D eigenvalue weighted by Gasteiger charge is -2.37. The van der Waals surface area contributed by atoms with Crippen molar-refractivity contribution in [2.75, 3.05) is 26.2 Å². The average molecular weight is 301 g/mol. The molecule has 2 heterocycles. The Labute approximate surface area is 129 Å². The van der Waals surface area contributed by atoms with Gasteiger partial charge in [0.25, 0.3) is 5.91 Å². The van der Waals surface area contributed by atoms with Crippen LogP contribution in [0.4, 0.5) is 0 Å². The molecule has 6 nitrogen and oxygen atoms in total. The van der Waals surface area contributed by atoms with Crippen LogP contribution in [0.3, 0.4) is 0 Å². The van der Waals surface area contributed by atoms with Crippen molar-refractivity contribution < 1.29 is 14.4 Å². The van der Waals surface area contributed by atoms with E-state index in [1.54, 1.807) is 15.9 Å². The summed E-state index contributed by atoms with van der Waals surface area (Å²) in [6.45, 7) is 3.69. The Morgan fingerprint density at radius 1 is 1.09 bits per heavy atom. The summed E-state index contributed by atoms with van der Waals surface area (Å²) in [5.41, 5.74) is 1.56. The Hall–Kier alpha value is -2.37. The van der Waals surface area contributed by atoms with Crippen molar-refractivity contribution in [3.05, 3.63) is 35.4 Å². The number of carbonyl (C=O) groups excluding carboxylic acids is 3. The zero-order chi connectivity index (χ0) is 15.7. The molecule has 116 valence electrons. The van der Waals surface area contributed by atoms with Crippen LogP contribution in [-0.4, -0.2) is 59.7 Å². The molecule has 0 aliphatic carbocycles. The highest BCUT2D eigenvalue weighted by molar-refractivity contribution is 6.00. The van der Waals surface area contributed by atoms with Crippen LogP contribution in [-0.2, 0) is 16.0 Å². The Bertz CT molecular complexity index is 621. The van der Waals surface area contributed by atoms with Crippen LogP contribution in [0.15, 0.2) is 24.3 Å². The third-order valence-corrected chi connectivity index (χ3v) is 4.33. The molecule has 2 aliphatic heterocycles. The van der Waals surface area contributed by atoms with E-state index in [0.717, 1.165) is 5.56 Å². The molecule has 0 spiro atoms. The van der Waals surface area contributed by atoms with Gasteiger partial charge in [0.05, 0.1) is 0 Å².